The summed E-state index contributed by atoms with van der Waals surface area (Å²) in [5.41, 5.74) is 9.70. The van der Waals surface area contributed by atoms with Crippen molar-refractivity contribution in [3.05, 3.63) is 71.5 Å². The zero-order valence-corrected chi connectivity index (χ0v) is 15.6. The fourth-order valence-corrected chi connectivity index (χ4v) is 3.74. The number of halogens is 1. The number of nitrogens with two attached hydrogens (primary N) is 1. The molecule has 1 aromatic heterocycles. The van der Waals surface area contributed by atoms with Gasteiger partial charge in [-0.25, -0.2) is 9.07 Å². The average molecular weight is 375 g/mol. The van der Waals surface area contributed by atoms with E-state index in [4.69, 9.17) is 16.1 Å². The Morgan fingerprint density at radius 2 is 1.96 bits per heavy atom. The van der Waals surface area contributed by atoms with E-state index in [-0.39, 0.29) is 11.9 Å². The number of aromatic nitrogens is 2. The number of piperidine rings is 1. The lowest BCUT2D eigenvalue weighted by Crippen LogP contribution is -2.34. The van der Waals surface area contributed by atoms with Gasteiger partial charge in [0.1, 0.15) is 11.6 Å². The van der Waals surface area contributed by atoms with E-state index in [1.807, 2.05) is 41.1 Å². The zero-order chi connectivity index (χ0) is 19.5. The van der Waals surface area contributed by atoms with Crippen LogP contribution in [-0.2, 0) is 6.42 Å². The minimum absolute atomic E-state index is 0.113. The Morgan fingerprint density at radius 3 is 2.71 bits per heavy atom. The summed E-state index contributed by atoms with van der Waals surface area (Å²) in [6.07, 6.45) is 4.69. The van der Waals surface area contributed by atoms with Gasteiger partial charge in [0.05, 0.1) is 18.3 Å². The van der Waals surface area contributed by atoms with Gasteiger partial charge in [0.25, 0.3) is 0 Å². The van der Waals surface area contributed by atoms with Crippen molar-refractivity contribution in [1.82, 2.24) is 14.7 Å². The lowest BCUT2D eigenvalue weighted by Gasteiger charge is -2.29. The highest BCUT2D eigenvalue weighted by Gasteiger charge is 2.23. The third kappa shape index (κ3) is 3.70. The van der Waals surface area contributed by atoms with Crippen molar-refractivity contribution < 1.29 is 4.39 Å². The molecule has 142 valence electrons. The first-order chi connectivity index (χ1) is 13.6. The molecule has 1 saturated heterocycles. The lowest BCUT2D eigenvalue weighted by molar-refractivity contribution is 0.235. The van der Waals surface area contributed by atoms with E-state index in [1.165, 1.54) is 6.07 Å². The Morgan fingerprint density at radius 1 is 1.18 bits per heavy atom. The van der Waals surface area contributed by atoms with Gasteiger partial charge in [0, 0.05) is 24.6 Å². The molecule has 1 aliphatic rings. The second kappa shape index (κ2) is 7.73. The van der Waals surface area contributed by atoms with Crippen LogP contribution in [0.1, 0.15) is 30.0 Å². The van der Waals surface area contributed by atoms with E-state index in [1.54, 1.807) is 17.0 Å². The first kappa shape index (κ1) is 18.1. The molecule has 1 aliphatic heterocycles. The minimum Gasteiger partial charge on any atom is -0.384 e. The molecular weight excluding hydrogens is 353 g/mol. The molecule has 2 heterocycles. The number of nitriles is 1. The second-order valence-electron chi connectivity index (χ2n) is 7.21. The van der Waals surface area contributed by atoms with Gasteiger partial charge in [0.2, 0.25) is 0 Å². The summed E-state index contributed by atoms with van der Waals surface area (Å²) in [6, 6.07) is 16.8. The van der Waals surface area contributed by atoms with Gasteiger partial charge in [-0.05, 0) is 30.0 Å². The standard InChI is InChI=1S/C22H22FN5/c23-20-6-2-1-4-18(20)12-16-7-9-17(10-8-16)21-13-22(25)28(26-21)19-5-3-11-27(14-19)15-24/h1-2,4,6-10,13,19H,3,5,11-12,14,25H2. The maximum atomic E-state index is 13.8. The van der Waals surface area contributed by atoms with Gasteiger partial charge in [0.15, 0.2) is 6.19 Å². The Balaban J connectivity index is 1.52. The van der Waals surface area contributed by atoms with Crippen LogP contribution in [0.2, 0.25) is 0 Å². The molecule has 0 amide bonds. The Labute approximate surface area is 163 Å². The van der Waals surface area contributed by atoms with Crippen LogP contribution >= 0.6 is 0 Å². The van der Waals surface area contributed by atoms with Crippen LogP contribution in [0.15, 0.2) is 54.6 Å². The maximum absolute atomic E-state index is 13.8. The monoisotopic (exact) mass is 375 g/mol. The summed E-state index contributed by atoms with van der Waals surface area (Å²) in [6.45, 7) is 1.44. The van der Waals surface area contributed by atoms with Crippen molar-refractivity contribution in [3.63, 3.8) is 0 Å². The number of nitrogen functional groups attached to an aromatic ring is 1. The quantitative estimate of drug-likeness (QED) is 0.700. The number of likely N-dealkylation sites (tertiary alicyclic amines) is 1. The minimum atomic E-state index is -0.183. The van der Waals surface area contributed by atoms with Crippen molar-refractivity contribution in [2.75, 3.05) is 18.8 Å². The van der Waals surface area contributed by atoms with Gasteiger partial charge in [-0.15, -0.1) is 0 Å². The van der Waals surface area contributed by atoms with Crippen LogP contribution in [0.25, 0.3) is 11.3 Å². The summed E-state index contributed by atoms with van der Waals surface area (Å²) in [5.74, 6) is 0.423. The SMILES string of the molecule is N#CN1CCCC(n2nc(-c3ccc(Cc4ccccc4F)cc3)cc2N)C1. The highest BCUT2D eigenvalue weighted by molar-refractivity contribution is 5.62. The van der Waals surface area contributed by atoms with Crippen LogP contribution in [0, 0.1) is 17.3 Å². The Kier molecular flexibility index (Phi) is 4.98. The van der Waals surface area contributed by atoms with Crippen LogP contribution < -0.4 is 5.73 Å². The average Bonchev–Trinajstić information content (AvgIpc) is 3.12. The van der Waals surface area contributed by atoms with E-state index in [9.17, 15) is 4.39 Å². The van der Waals surface area contributed by atoms with Crippen molar-refractivity contribution in [3.8, 4) is 17.5 Å². The predicted octanol–water partition coefficient (Wildman–Crippen LogP) is 3.98. The van der Waals surface area contributed by atoms with E-state index in [0.29, 0.717) is 24.3 Å². The van der Waals surface area contributed by atoms with Gasteiger partial charge in [-0.3, -0.25) is 0 Å². The summed E-state index contributed by atoms with van der Waals surface area (Å²) in [4.78, 5) is 1.76. The molecule has 0 spiro atoms. The van der Waals surface area contributed by atoms with Crippen LogP contribution in [-0.4, -0.2) is 27.8 Å². The molecule has 0 bridgehead atoms. The summed E-state index contributed by atoms with van der Waals surface area (Å²) in [5, 5.41) is 13.8. The molecule has 1 unspecified atom stereocenters. The van der Waals surface area contributed by atoms with Gasteiger partial charge in [-0.2, -0.15) is 10.4 Å². The van der Waals surface area contributed by atoms with E-state index in [0.717, 1.165) is 36.2 Å². The number of rotatable bonds is 4. The largest absolute Gasteiger partial charge is 0.384 e. The molecular formula is C22H22FN5. The van der Waals surface area contributed by atoms with Gasteiger partial charge in [-0.1, -0.05) is 42.5 Å². The lowest BCUT2D eigenvalue weighted by atomic mass is 10.0. The molecule has 28 heavy (non-hydrogen) atoms. The molecule has 5 nitrogen and oxygen atoms in total. The van der Waals surface area contributed by atoms with E-state index >= 15 is 0 Å². The fraction of sp³-hybridized carbons (Fsp3) is 0.273. The number of hydrogen-bond donors (Lipinski definition) is 1. The molecule has 0 aliphatic carbocycles. The molecule has 4 rings (SSSR count). The molecule has 0 saturated carbocycles. The van der Waals surface area contributed by atoms with Crippen LogP contribution in [0.3, 0.4) is 0 Å². The molecule has 1 fully saturated rings. The molecule has 3 aromatic rings. The van der Waals surface area contributed by atoms with Crippen LogP contribution in [0.4, 0.5) is 10.2 Å². The highest BCUT2D eigenvalue weighted by atomic mass is 19.1. The maximum Gasteiger partial charge on any atom is 0.179 e. The summed E-state index contributed by atoms with van der Waals surface area (Å²) >= 11 is 0. The third-order valence-corrected chi connectivity index (χ3v) is 5.25. The van der Waals surface area contributed by atoms with Crippen molar-refractivity contribution in [2.45, 2.75) is 25.3 Å². The topological polar surface area (TPSA) is 70.9 Å². The van der Waals surface area contributed by atoms with E-state index < -0.39 is 0 Å². The summed E-state index contributed by atoms with van der Waals surface area (Å²) in [7, 11) is 0. The normalized spacial score (nSPS) is 16.7. The third-order valence-electron chi connectivity index (χ3n) is 5.25. The van der Waals surface area contributed by atoms with Gasteiger partial charge >= 0.3 is 0 Å². The van der Waals surface area contributed by atoms with Crippen molar-refractivity contribution >= 4 is 5.82 Å². The zero-order valence-electron chi connectivity index (χ0n) is 15.6. The number of nitrogens with zero attached hydrogens (tertiary/aromatic N) is 4. The van der Waals surface area contributed by atoms with Crippen LogP contribution in [0.5, 0.6) is 0 Å². The Hall–Kier alpha value is -3.33. The first-order valence-electron chi connectivity index (χ1n) is 9.46. The van der Waals surface area contributed by atoms with Crippen molar-refractivity contribution in [2.24, 2.45) is 0 Å². The number of benzene rings is 2. The predicted molar refractivity (Wildman–Crippen MR) is 107 cm³/mol. The Bertz CT molecular complexity index is 1000. The fourth-order valence-electron chi connectivity index (χ4n) is 3.74. The summed E-state index contributed by atoms with van der Waals surface area (Å²) < 4.78 is 15.7. The smallest absolute Gasteiger partial charge is 0.179 e. The van der Waals surface area contributed by atoms with Gasteiger partial charge < -0.3 is 10.6 Å². The number of hydrogen-bond acceptors (Lipinski definition) is 4. The molecule has 2 N–H and O–H groups in total. The second-order valence-corrected chi connectivity index (χ2v) is 7.21. The van der Waals surface area contributed by atoms with E-state index in [2.05, 4.69) is 6.19 Å². The first-order valence-corrected chi connectivity index (χ1v) is 9.46. The molecule has 6 heteroatoms. The molecule has 0 radical (unpaired) electrons. The van der Waals surface area contributed by atoms with Crippen molar-refractivity contribution in [1.29, 1.82) is 5.26 Å². The highest BCUT2D eigenvalue weighted by Crippen LogP contribution is 2.28. The number of anilines is 1. The molecule has 1 atom stereocenters. The molecule has 2 aromatic carbocycles.